The van der Waals surface area contributed by atoms with Crippen molar-refractivity contribution in [3.8, 4) is 33.7 Å². The summed E-state index contributed by atoms with van der Waals surface area (Å²) in [6.07, 6.45) is 8.63. The summed E-state index contributed by atoms with van der Waals surface area (Å²) >= 11 is 6.56. The summed E-state index contributed by atoms with van der Waals surface area (Å²) in [6, 6.07) is 12.9. The van der Waals surface area contributed by atoms with E-state index in [-0.39, 0.29) is 11.4 Å². The zero-order valence-corrected chi connectivity index (χ0v) is 23.6. The Morgan fingerprint density at radius 1 is 1.00 bits per heavy atom. The molecule has 2 bridgehead atoms. The molecule has 2 aromatic carbocycles. The second-order valence-electron chi connectivity index (χ2n) is 11.2. The number of phenolic OH excluding ortho intramolecular Hbond substituents is 1. The molecule has 208 valence electrons. The molecule has 4 aromatic rings. The maximum absolute atomic E-state index is 15.0. The summed E-state index contributed by atoms with van der Waals surface area (Å²) in [5.74, 6) is 0.324. The van der Waals surface area contributed by atoms with Crippen LogP contribution in [0.15, 0.2) is 65.8 Å². The molecule has 2 aromatic heterocycles. The largest absolute Gasteiger partial charge is 0.507 e. The van der Waals surface area contributed by atoms with E-state index in [4.69, 9.17) is 11.6 Å². The van der Waals surface area contributed by atoms with Gasteiger partial charge in [0, 0.05) is 68.0 Å². The van der Waals surface area contributed by atoms with Gasteiger partial charge in [0.05, 0.1) is 10.7 Å². The van der Waals surface area contributed by atoms with Crippen LogP contribution >= 0.6 is 11.6 Å². The number of fused-ring (bicyclic) bond motifs is 2. The van der Waals surface area contributed by atoms with Crippen LogP contribution in [0.1, 0.15) is 33.1 Å². The Labute approximate surface area is 238 Å². The monoisotopic (exact) mass is 561 g/mol. The molecule has 1 N–H and O–H groups in total. The first kappa shape index (κ1) is 26.6. The lowest BCUT2D eigenvalue weighted by Gasteiger charge is -2.52. The van der Waals surface area contributed by atoms with Crippen LogP contribution < -0.4 is 10.6 Å². The topological polar surface area (TPSA) is 66.5 Å². The second kappa shape index (κ2) is 10.4. The van der Waals surface area contributed by atoms with E-state index in [1.54, 1.807) is 49.9 Å². The summed E-state index contributed by atoms with van der Waals surface area (Å²) in [7, 11) is 1.66. The molecule has 9 heteroatoms. The van der Waals surface area contributed by atoms with Crippen molar-refractivity contribution in [1.29, 1.82) is 0 Å². The normalized spacial score (nSPS) is 19.4. The minimum absolute atomic E-state index is 0.0410. The van der Waals surface area contributed by atoms with Crippen molar-refractivity contribution in [3.05, 3.63) is 82.4 Å². The summed E-state index contributed by atoms with van der Waals surface area (Å²) in [5, 5.41) is 11.7. The number of imidazole rings is 1. The van der Waals surface area contributed by atoms with Gasteiger partial charge in [-0.05, 0) is 74.2 Å². The molecule has 2 aliphatic rings. The number of aromatic nitrogens is 3. The molecule has 6 rings (SSSR count). The Morgan fingerprint density at radius 3 is 2.27 bits per heavy atom. The molecule has 40 heavy (non-hydrogen) atoms. The highest BCUT2D eigenvalue weighted by Gasteiger charge is 2.39. The maximum atomic E-state index is 15.0. The standard InChI is InChI=1S/C31H33ClFN5O2/c1-19(2)38-23-5-4-6-24(38)18-36(17-23)29-14-21(9-10-34-29)26-16-22(33)15-25(30(26)39)20-7-8-28(27(32)13-20)37-12-11-35(3)31(37)40/h7-16,19,23-24,39H,4-6,17-18H2,1-3H3. The first-order valence-electron chi connectivity index (χ1n) is 13.8. The number of phenols is 1. The van der Waals surface area contributed by atoms with Gasteiger partial charge in [0.25, 0.3) is 0 Å². The number of hydrogen-bond donors (Lipinski definition) is 1. The van der Waals surface area contributed by atoms with Gasteiger partial charge in [-0.2, -0.15) is 0 Å². The van der Waals surface area contributed by atoms with Crippen LogP contribution in [0.3, 0.4) is 0 Å². The molecule has 7 nitrogen and oxygen atoms in total. The highest BCUT2D eigenvalue weighted by atomic mass is 35.5. The third-order valence-electron chi connectivity index (χ3n) is 8.30. The maximum Gasteiger partial charge on any atom is 0.332 e. The number of nitrogens with zero attached hydrogens (tertiary/aromatic N) is 5. The van der Waals surface area contributed by atoms with Crippen molar-refractivity contribution < 1.29 is 9.50 Å². The van der Waals surface area contributed by atoms with Crippen LogP contribution in [0.25, 0.3) is 27.9 Å². The van der Waals surface area contributed by atoms with E-state index in [1.807, 2.05) is 6.07 Å². The van der Waals surface area contributed by atoms with Crippen LogP contribution in [-0.2, 0) is 7.05 Å². The lowest BCUT2D eigenvalue weighted by Crippen LogP contribution is -2.63. The van der Waals surface area contributed by atoms with Crippen molar-refractivity contribution in [2.45, 2.75) is 51.2 Å². The molecule has 0 amide bonds. The average molecular weight is 562 g/mol. The summed E-state index contributed by atoms with van der Waals surface area (Å²) < 4.78 is 17.9. The second-order valence-corrected chi connectivity index (χ2v) is 11.6. The number of rotatable bonds is 5. The van der Waals surface area contributed by atoms with Crippen molar-refractivity contribution in [2.24, 2.45) is 7.05 Å². The third kappa shape index (κ3) is 4.69. The van der Waals surface area contributed by atoms with Gasteiger partial charge >= 0.3 is 5.69 Å². The molecule has 2 saturated heterocycles. The fourth-order valence-electron chi connectivity index (χ4n) is 6.49. The van der Waals surface area contributed by atoms with Gasteiger partial charge in [0.1, 0.15) is 17.4 Å². The van der Waals surface area contributed by atoms with E-state index in [9.17, 15) is 14.3 Å². The number of aryl methyl sites for hydroxylation is 1. The molecule has 0 spiro atoms. The Bertz CT molecular complexity index is 1620. The summed E-state index contributed by atoms with van der Waals surface area (Å²) in [6.45, 7) is 6.35. The van der Waals surface area contributed by atoms with E-state index in [1.165, 1.54) is 40.5 Å². The van der Waals surface area contributed by atoms with Gasteiger partial charge in [-0.3, -0.25) is 9.47 Å². The number of piperidine rings is 1. The smallest absolute Gasteiger partial charge is 0.332 e. The van der Waals surface area contributed by atoms with E-state index in [0.29, 0.717) is 51.1 Å². The van der Waals surface area contributed by atoms with Crippen molar-refractivity contribution in [1.82, 2.24) is 19.0 Å². The number of anilines is 1. The zero-order chi connectivity index (χ0) is 28.1. The number of hydrogen-bond acceptors (Lipinski definition) is 5. The molecular weight excluding hydrogens is 529 g/mol. The fraction of sp³-hybridized carbons (Fsp3) is 0.355. The van der Waals surface area contributed by atoms with Crippen LogP contribution in [0, 0.1) is 5.82 Å². The van der Waals surface area contributed by atoms with Gasteiger partial charge in [-0.1, -0.05) is 24.1 Å². The van der Waals surface area contributed by atoms with E-state index in [0.717, 1.165) is 18.9 Å². The predicted molar refractivity (Wildman–Crippen MR) is 157 cm³/mol. The van der Waals surface area contributed by atoms with Gasteiger partial charge in [-0.15, -0.1) is 0 Å². The quantitative estimate of drug-likeness (QED) is 0.331. The predicted octanol–water partition coefficient (Wildman–Crippen LogP) is 5.85. The van der Waals surface area contributed by atoms with Gasteiger partial charge < -0.3 is 14.6 Å². The highest BCUT2D eigenvalue weighted by Crippen LogP contribution is 2.41. The lowest BCUT2D eigenvalue weighted by atomic mass is 9.89. The highest BCUT2D eigenvalue weighted by molar-refractivity contribution is 6.32. The van der Waals surface area contributed by atoms with E-state index >= 15 is 0 Å². The minimum Gasteiger partial charge on any atom is -0.507 e. The van der Waals surface area contributed by atoms with E-state index in [2.05, 4.69) is 28.6 Å². The van der Waals surface area contributed by atoms with Gasteiger partial charge in [-0.25, -0.2) is 14.2 Å². The Kier molecular flexibility index (Phi) is 6.92. The molecule has 0 saturated carbocycles. The van der Waals surface area contributed by atoms with E-state index < -0.39 is 5.82 Å². The van der Waals surface area contributed by atoms with Crippen LogP contribution in [0.2, 0.25) is 5.02 Å². The first-order valence-corrected chi connectivity index (χ1v) is 14.1. The molecule has 4 heterocycles. The third-order valence-corrected chi connectivity index (χ3v) is 8.60. The number of aromatic hydroxyl groups is 1. The van der Waals surface area contributed by atoms with Crippen molar-refractivity contribution >= 4 is 17.4 Å². The first-order chi connectivity index (χ1) is 19.2. The number of halogens is 2. The fourth-order valence-corrected chi connectivity index (χ4v) is 6.76. The van der Waals surface area contributed by atoms with Crippen LogP contribution in [-0.4, -0.2) is 55.3 Å². The lowest BCUT2D eigenvalue weighted by molar-refractivity contribution is 0.0367. The Morgan fingerprint density at radius 2 is 1.68 bits per heavy atom. The number of benzene rings is 2. The number of pyridine rings is 1. The Balaban J connectivity index is 1.34. The molecule has 0 radical (unpaired) electrons. The average Bonchev–Trinajstić information content (AvgIpc) is 3.26. The molecular formula is C31H33ClFN5O2. The summed E-state index contributed by atoms with van der Waals surface area (Å²) in [5.41, 5.74) is 2.23. The van der Waals surface area contributed by atoms with Gasteiger partial charge in [0.2, 0.25) is 0 Å². The van der Waals surface area contributed by atoms with Gasteiger partial charge in [0.15, 0.2) is 0 Å². The van der Waals surface area contributed by atoms with Crippen molar-refractivity contribution in [2.75, 3.05) is 18.0 Å². The van der Waals surface area contributed by atoms with Crippen molar-refractivity contribution in [3.63, 3.8) is 0 Å². The molecule has 2 unspecified atom stereocenters. The molecule has 0 aliphatic carbocycles. The molecule has 2 atom stereocenters. The van der Waals surface area contributed by atoms with Crippen LogP contribution in [0.4, 0.5) is 10.2 Å². The minimum atomic E-state index is -0.472. The number of piperazine rings is 1. The molecule has 2 fully saturated rings. The zero-order valence-electron chi connectivity index (χ0n) is 22.9. The van der Waals surface area contributed by atoms with Crippen LogP contribution in [0.5, 0.6) is 5.75 Å². The molecule has 2 aliphatic heterocycles. The SMILES string of the molecule is CC(C)N1C2CCCC1CN(c1cc(-c3cc(F)cc(-c4ccc(-n5ccn(C)c5=O)c(Cl)c4)c3O)ccn1)C2. The summed E-state index contributed by atoms with van der Waals surface area (Å²) in [4.78, 5) is 22.0. The Hall–Kier alpha value is -3.62.